The number of carboxylic acid groups (broad SMARTS) is 1. The highest BCUT2D eigenvalue weighted by molar-refractivity contribution is 5.94. The molecule has 1 aliphatic rings. The van der Waals surface area contributed by atoms with E-state index in [1.54, 1.807) is 0 Å². The maximum absolute atomic E-state index is 13.6. The molecule has 1 aliphatic heterocycles. The fourth-order valence-electron chi connectivity index (χ4n) is 5.60. The van der Waals surface area contributed by atoms with Crippen LogP contribution < -0.4 is 15.4 Å². The Balaban J connectivity index is 1.19. The smallest absolute Gasteiger partial charge is 0.326 e. The van der Waals surface area contributed by atoms with Gasteiger partial charge in [-0.3, -0.25) is 4.90 Å². The molecule has 0 fully saturated rings. The second-order valence-electron chi connectivity index (χ2n) is 11.1. The highest BCUT2D eigenvalue weighted by Crippen LogP contribution is 2.26. The Morgan fingerprint density at radius 3 is 2.74 bits per heavy atom. The molecule has 3 N–H and O–H groups in total. The Bertz CT molecular complexity index is 1520. The van der Waals surface area contributed by atoms with Crippen molar-refractivity contribution in [2.24, 2.45) is 7.05 Å². The number of aromatic nitrogens is 2. The zero-order chi connectivity index (χ0) is 30.2. The molecule has 0 spiro atoms. The van der Waals surface area contributed by atoms with Gasteiger partial charge in [-0.1, -0.05) is 24.3 Å². The second kappa shape index (κ2) is 14.3. The number of carbonyl (C=O) groups is 1. The fraction of sp³-hybridized carbons (Fsp3) is 0.394. The molecule has 4 aromatic rings. The normalized spacial score (nSPS) is 13.5. The van der Waals surface area contributed by atoms with Crippen LogP contribution in [-0.4, -0.2) is 64.4 Å². The molecule has 0 bridgehead atoms. The van der Waals surface area contributed by atoms with Crippen LogP contribution >= 0.6 is 0 Å². The third kappa shape index (κ3) is 8.22. The topological polar surface area (TPSA) is 91.7 Å². The SMILES string of the molecule is Cn1cc(NC(CCN(CCCCc2ccc3c(n2)NCCC3)CCOc2cc(F)cc(F)c2)C(=O)O)c2ccccc21. The summed E-state index contributed by atoms with van der Waals surface area (Å²) in [6.45, 7) is 2.89. The number of fused-ring (bicyclic) bond motifs is 2. The number of nitrogens with zero attached hydrogens (tertiary/aromatic N) is 3. The van der Waals surface area contributed by atoms with Gasteiger partial charge in [0, 0.05) is 67.7 Å². The Morgan fingerprint density at radius 1 is 1.12 bits per heavy atom. The lowest BCUT2D eigenvalue weighted by atomic mass is 10.1. The standard InChI is InChI=1S/C33H39F2N5O3/c1-39-22-30(28-9-2-3-10-31(28)39)38-29(33(41)42)13-16-40(17-18-43-27-20-24(34)19-25(35)21-27)15-5-4-8-26-12-11-23-7-6-14-36-32(23)37-26/h2-3,9-12,19-22,29,38H,4-8,13-18H2,1H3,(H,36,37)(H,41,42). The van der Waals surface area contributed by atoms with Crippen molar-refractivity contribution in [1.29, 1.82) is 0 Å². The molecular formula is C33H39F2N5O3. The number of pyridine rings is 1. The number of para-hydroxylation sites is 1. The Hall–Kier alpha value is -4.18. The summed E-state index contributed by atoms with van der Waals surface area (Å²) >= 11 is 0. The monoisotopic (exact) mass is 591 g/mol. The summed E-state index contributed by atoms with van der Waals surface area (Å²) in [4.78, 5) is 19.2. The summed E-state index contributed by atoms with van der Waals surface area (Å²) in [5.74, 6) is -1.19. The molecule has 1 unspecified atom stereocenters. The molecule has 0 radical (unpaired) electrons. The van der Waals surface area contributed by atoms with Crippen molar-refractivity contribution in [3.8, 4) is 5.75 Å². The van der Waals surface area contributed by atoms with E-state index in [1.165, 1.54) is 5.56 Å². The van der Waals surface area contributed by atoms with Gasteiger partial charge in [0.1, 0.15) is 35.9 Å². The molecule has 43 heavy (non-hydrogen) atoms. The van der Waals surface area contributed by atoms with E-state index in [1.807, 2.05) is 42.1 Å². The lowest BCUT2D eigenvalue weighted by molar-refractivity contribution is -0.138. The molecule has 0 amide bonds. The molecule has 5 rings (SSSR count). The molecule has 228 valence electrons. The van der Waals surface area contributed by atoms with Crippen LogP contribution in [0.4, 0.5) is 20.3 Å². The zero-order valence-corrected chi connectivity index (χ0v) is 24.5. The highest BCUT2D eigenvalue weighted by atomic mass is 19.1. The van der Waals surface area contributed by atoms with Gasteiger partial charge in [-0.15, -0.1) is 0 Å². The Kier molecular flexibility index (Phi) is 10.1. The number of aryl methyl sites for hydroxylation is 3. The van der Waals surface area contributed by atoms with Crippen molar-refractivity contribution in [3.63, 3.8) is 0 Å². The molecule has 10 heteroatoms. The Labute approximate surface area is 250 Å². The first kappa shape index (κ1) is 30.3. The van der Waals surface area contributed by atoms with Crippen molar-refractivity contribution >= 4 is 28.4 Å². The van der Waals surface area contributed by atoms with Crippen LogP contribution in [0.2, 0.25) is 0 Å². The third-order valence-electron chi connectivity index (χ3n) is 7.88. The van der Waals surface area contributed by atoms with Crippen LogP contribution in [0.15, 0.2) is 60.8 Å². The second-order valence-corrected chi connectivity index (χ2v) is 11.1. The molecule has 2 aromatic carbocycles. The molecule has 0 aliphatic carbocycles. The van der Waals surface area contributed by atoms with Gasteiger partial charge >= 0.3 is 5.97 Å². The number of ether oxygens (including phenoxy) is 1. The largest absolute Gasteiger partial charge is 0.492 e. The van der Waals surface area contributed by atoms with Gasteiger partial charge in [0.25, 0.3) is 0 Å². The number of hydrogen-bond donors (Lipinski definition) is 3. The number of rotatable bonds is 15. The van der Waals surface area contributed by atoms with Crippen LogP contribution in [0, 0.1) is 11.6 Å². The quantitative estimate of drug-likeness (QED) is 0.149. The van der Waals surface area contributed by atoms with E-state index in [0.717, 1.165) is 91.5 Å². The van der Waals surface area contributed by atoms with Crippen molar-refractivity contribution in [2.75, 3.05) is 43.4 Å². The van der Waals surface area contributed by atoms with Crippen molar-refractivity contribution in [2.45, 2.75) is 44.6 Å². The number of benzene rings is 2. The lowest BCUT2D eigenvalue weighted by Crippen LogP contribution is -2.37. The summed E-state index contributed by atoms with van der Waals surface area (Å²) < 4.78 is 34.9. The average molecular weight is 592 g/mol. The van der Waals surface area contributed by atoms with Gasteiger partial charge in [0.15, 0.2) is 0 Å². The van der Waals surface area contributed by atoms with E-state index >= 15 is 0 Å². The van der Waals surface area contributed by atoms with Crippen LogP contribution in [-0.2, 0) is 24.7 Å². The molecule has 3 heterocycles. The number of nitrogens with one attached hydrogen (secondary N) is 2. The number of carboxylic acids is 1. The maximum Gasteiger partial charge on any atom is 0.326 e. The van der Waals surface area contributed by atoms with E-state index in [-0.39, 0.29) is 12.4 Å². The van der Waals surface area contributed by atoms with Gasteiger partial charge in [0.2, 0.25) is 0 Å². The summed E-state index contributed by atoms with van der Waals surface area (Å²) in [6, 6.07) is 14.5. The van der Waals surface area contributed by atoms with E-state index in [2.05, 4.69) is 27.7 Å². The summed E-state index contributed by atoms with van der Waals surface area (Å²) in [6.07, 6.45) is 7.12. The van der Waals surface area contributed by atoms with Crippen LogP contribution in [0.5, 0.6) is 5.75 Å². The lowest BCUT2D eigenvalue weighted by Gasteiger charge is -2.25. The van der Waals surface area contributed by atoms with Gasteiger partial charge in [-0.2, -0.15) is 0 Å². The minimum absolute atomic E-state index is 0.130. The predicted molar refractivity (Wildman–Crippen MR) is 165 cm³/mol. The first-order chi connectivity index (χ1) is 20.9. The highest BCUT2D eigenvalue weighted by Gasteiger charge is 2.21. The van der Waals surface area contributed by atoms with Gasteiger partial charge < -0.3 is 25.0 Å². The van der Waals surface area contributed by atoms with Crippen LogP contribution in [0.25, 0.3) is 10.9 Å². The van der Waals surface area contributed by atoms with Gasteiger partial charge in [-0.25, -0.2) is 18.6 Å². The van der Waals surface area contributed by atoms with E-state index in [4.69, 9.17) is 9.72 Å². The predicted octanol–water partition coefficient (Wildman–Crippen LogP) is 5.87. The summed E-state index contributed by atoms with van der Waals surface area (Å²) in [5, 5.41) is 17.6. The van der Waals surface area contributed by atoms with Crippen molar-refractivity contribution in [1.82, 2.24) is 14.5 Å². The van der Waals surface area contributed by atoms with Crippen molar-refractivity contribution in [3.05, 3.63) is 83.7 Å². The number of aliphatic carboxylic acids is 1. The summed E-state index contributed by atoms with van der Waals surface area (Å²) in [7, 11) is 1.94. The Morgan fingerprint density at radius 2 is 1.93 bits per heavy atom. The zero-order valence-electron chi connectivity index (χ0n) is 24.5. The molecule has 8 nitrogen and oxygen atoms in total. The van der Waals surface area contributed by atoms with Crippen LogP contribution in [0.1, 0.15) is 36.9 Å². The summed E-state index contributed by atoms with van der Waals surface area (Å²) in [5.41, 5.74) is 4.12. The average Bonchev–Trinajstić information content (AvgIpc) is 3.31. The van der Waals surface area contributed by atoms with Gasteiger partial charge in [0.05, 0.1) is 5.69 Å². The minimum Gasteiger partial charge on any atom is -0.492 e. The number of unbranched alkanes of at least 4 members (excludes halogenated alkanes) is 1. The van der Waals surface area contributed by atoms with E-state index in [9.17, 15) is 18.7 Å². The van der Waals surface area contributed by atoms with Crippen LogP contribution in [0.3, 0.4) is 0 Å². The molecule has 2 aromatic heterocycles. The minimum atomic E-state index is -0.925. The number of halogens is 2. The van der Waals surface area contributed by atoms with E-state index in [0.29, 0.717) is 19.5 Å². The maximum atomic E-state index is 13.6. The van der Waals surface area contributed by atoms with Gasteiger partial charge in [-0.05, 0) is 62.8 Å². The molecular weight excluding hydrogens is 552 g/mol. The molecule has 0 saturated heterocycles. The van der Waals surface area contributed by atoms with E-state index < -0.39 is 23.6 Å². The third-order valence-corrected chi connectivity index (χ3v) is 7.88. The van der Waals surface area contributed by atoms with Crippen molar-refractivity contribution < 1.29 is 23.4 Å². The fourth-order valence-corrected chi connectivity index (χ4v) is 5.60. The first-order valence-electron chi connectivity index (χ1n) is 14.9. The molecule has 1 atom stereocenters. The number of hydrogen-bond acceptors (Lipinski definition) is 6. The first-order valence-corrected chi connectivity index (χ1v) is 14.9. The number of anilines is 2. The molecule has 0 saturated carbocycles.